The molecule has 2 aromatic heterocycles. The SMILES string of the molecule is COC(=O)CCc1cnc(CC2SC(c3cccc(OC)c3OC)c3cc(Cl)ccc3-n3c2nnc3C(F)(F)F)o1. The summed E-state index contributed by atoms with van der Waals surface area (Å²) in [6, 6.07) is 10.0. The molecule has 0 bridgehead atoms. The molecule has 0 fully saturated rings. The lowest BCUT2D eigenvalue weighted by Crippen LogP contribution is -2.16. The zero-order chi connectivity index (χ0) is 29.3. The maximum Gasteiger partial charge on any atom is 0.452 e. The van der Waals surface area contributed by atoms with Crippen LogP contribution in [0.25, 0.3) is 5.69 Å². The molecule has 2 aromatic carbocycles. The van der Waals surface area contributed by atoms with Crippen LogP contribution in [0.4, 0.5) is 13.2 Å². The smallest absolute Gasteiger partial charge is 0.452 e. The van der Waals surface area contributed by atoms with E-state index in [1.165, 1.54) is 51.4 Å². The first kappa shape index (κ1) is 28.8. The van der Waals surface area contributed by atoms with Crippen LogP contribution in [0.5, 0.6) is 11.5 Å². The number of nitrogens with zero attached hydrogens (tertiary/aromatic N) is 4. The van der Waals surface area contributed by atoms with Crippen molar-refractivity contribution < 1.29 is 36.6 Å². The van der Waals surface area contributed by atoms with Gasteiger partial charge in [0.2, 0.25) is 5.82 Å². The quantitative estimate of drug-likeness (QED) is 0.217. The highest BCUT2D eigenvalue weighted by molar-refractivity contribution is 8.00. The number of esters is 1. The van der Waals surface area contributed by atoms with Gasteiger partial charge in [-0.15, -0.1) is 22.0 Å². The molecule has 216 valence electrons. The number of carbonyl (C=O) groups excluding carboxylic acids is 1. The number of aryl methyl sites for hydroxylation is 1. The van der Waals surface area contributed by atoms with Gasteiger partial charge in [-0.1, -0.05) is 23.7 Å². The van der Waals surface area contributed by atoms with Crippen LogP contribution in [0.1, 0.15) is 51.3 Å². The fourth-order valence-electron chi connectivity index (χ4n) is 4.71. The number of halogens is 4. The Labute approximate surface area is 242 Å². The van der Waals surface area contributed by atoms with E-state index in [0.29, 0.717) is 33.4 Å². The molecule has 0 radical (unpaired) electrons. The summed E-state index contributed by atoms with van der Waals surface area (Å²) in [6.45, 7) is 0. The summed E-state index contributed by atoms with van der Waals surface area (Å²) in [7, 11) is 4.30. The predicted molar refractivity (Wildman–Crippen MR) is 144 cm³/mol. The number of fused-ring (bicyclic) bond motifs is 3. The minimum Gasteiger partial charge on any atom is -0.493 e. The Bertz CT molecular complexity index is 1570. The number of benzene rings is 2. The summed E-state index contributed by atoms with van der Waals surface area (Å²) in [5.41, 5.74) is 1.41. The molecular formula is C27H24ClF3N4O5S. The lowest BCUT2D eigenvalue weighted by molar-refractivity contribution is -0.146. The normalized spacial score (nSPS) is 16.5. The summed E-state index contributed by atoms with van der Waals surface area (Å²) < 4.78 is 65.4. The molecule has 0 amide bonds. The van der Waals surface area contributed by atoms with E-state index in [-0.39, 0.29) is 36.7 Å². The van der Waals surface area contributed by atoms with E-state index >= 15 is 0 Å². The van der Waals surface area contributed by atoms with Gasteiger partial charge < -0.3 is 18.6 Å². The second-order valence-electron chi connectivity index (χ2n) is 9.01. The second-order valence-corrected chi connectivity index (χ2v) is 10.8. The van der Waals surface area contributed by atoms with Crippen LogP contribution in [0.15, 0.2) is 47.0 Å². The minimum absolute atomic E-state index is 0.0737. The number of hydrogen-bond acceptors (Lipinski definition) is 9. The first-order valence-corrected chi connectivity index (χ1v) is 13.7. The molecular weight excluding hydrogens is 585 g/mol. The van der Waals surface area contributed by atoms with Gasteiger partial charge in [0.25, 0.3) is 0 Å². The van der Waals surface area contributed by atoms with Gasteiger partial charge in [-0.3, -0.25) is 9.36 Å². The van der Waals surface area contributed by atoms with Gasteiger partial charge in [0.15, 0.2) is 23.2 Å². The highest BCUT2D eigenvalue weighted by Gasteiger charge is 2.43. The van der Waals surface area contributed by atoms with E-state index in [9.17, 15) is 18.0 Å². The molecule has 0 N–H and O–H groups in total. The van der Waals surface area contributed by atoms with E-state index in [1.807, 2.05) is 6.07 Å². The van der Waals surface area contributed by atoms with E-state index < -0.39 is 28.5 Å². The minimum atomic E-state index is -4.78. The van der Waals surface area contributed by atoms with Crippen molar-refractivity contribution >= 4 is 29.3 Å². The largest absolute Gasteiger partial charge is 0.493 e. The number of hydrogen-bond donors (Lipinski definition) is 0. The summed E-state index contributed by atoms with van der Waals surface area (Å²) in [4.78, 5) is 15.9. The van der Waals surface area contributed by atoms with Crippen LogP contribution in [-0.2, 0) is 28.5 Å². The van der Waals surface area contributed by atoms with Crippen molar-refractivity contribution in [3.63, 3.8) is 0 Å². The third kappa shape index (κ3) is 5.73. The molecule has 0 saturated carbocycles. The molecule has 41 heavy (non-hydrogen) atoms. The van der Waals surface area contributed by atoms with E-state index in [2.05, 4.69) is 19.9 Å². The Morgan fingerprint density at radius 3 is 2.63 bits per heavy atom. The molecule has 4 aromatic rings. The highest BCUT2D eigenvalue weighted by atomic mass is 35.5. The molecule has 2 unspecified atom stereocenters. The lowest BCUT2D eigenvalue weighted by Gasteiger charge is -2.23. The molecule has 0 spiro atoms. The lowest BCUT2D eigenvalue weighted by atomic mass is 10.0. The number of aromatic nitrogens is 4. The third-order valence-corrected chi connectivity index (χ3v) is 8.24. The number of methoxy groups -OCH3 is 3. The van der Waals surface area contributed by atoms with Crippen LogP contribution in [0.2, 0.25) is 5.02 Å². The number of para-hydroxylation sites is 1. The second kappa shape index (κ2) is 11.6. The van der Waals surface area contributed by atoms with Crippen molar-refractivity contribution in [2.24, 2.45) is 0 Å². The molecule has 0 saturated heterocycles. The summed E-state index contributed by atoms with van der Waals surface area (Å²) >= 11 is 7.73. The Morgan fingerprint density at radius 1 is 1.12 bits per heavy atom. The molecule has 14 heteroatoms. The van der Waals surface area contributed by atoms with Crippen LogP contribution < -0.4 is 9.47 Å². The molecule has 0 aliphatic carbocycles. The monoisotopic (exact) mass is 608 g/mol. The highest BCUT2D eigenvalue weighted by Crippen LogP contribution is 2.54. The Hall–Kier alpha value is -3.71. The van der Waals surface area contributed by atoms with Crippen molar-refractivity contribution in [2.45, 2.75) is 35.9 Å². The molecule has 2 atom stereocenters. The summed E-state index contributed by atoms with van der Waals surface area (Å²) in [5, 5.41) is 6.65. The predicted octanol–water partition coefficient (Wildman–Crippen LogP) is 6.17. The summed E-state index contributed by atoms with van der Waals surface area (Å²) in [5.74, 6) is 0.131. The van der Waals surface area contributed by atoms with Crippen molar-refractivity contribution in [1.29, 1.82) is 0 Å². The molecule has 9 nitrogen and oxygen atoms in total. The first-order valence-electron chi connectivity index (χ1n) is 12.3. The van der Waals surface area contributed by atoms with Crippen molar-refractivity contribution in [1.82, 2.24) is 19.7 Å². The Morgan fingerprint density at radius 2 is 1.93 bits per heavy atom. The number of carbonyl (C=O) groups is 1. The van der Waals surface area contributed by atoms with Crippen LogP contribution >= 0.6 is 23.4 Å². The van der Waals surface area contributed by atoms with Crippen molar-refractivity contribution in [3.8, 4) is 17.2 Å². The maximum atomic E-state index is 14.2. The third-order valence-electron chi connectivity index (χ3n) is 6.52. The summed E-state index contributed by atoms with van der Waals surface area (Å²) in [6.07, 6.45) is -2.85. The number of oxazole rings is 1. The number of ether oxygens (including phenoxy) is 3. The average molecular weight is 609 g/mol. The Balaban J connectivity index is 1.65. The Kier molecular flexibility index (Phi) is 8.18. The van der Waals surface area contributed by atoms with Gasteiger partial charge in [-0.2, -0.15) is 13.2 Å². The van der Waals surface area contributed by atoms with E-state index in [4.69, 9.17) is 25.5 Å². The number of thioether (sulfide) groups is 1. The van der Waals surface area contributed by atoms with Gasteiger partial charge >= 0.3 is 12.1 Å². The molecule has 3 heterocycles. The zero-order valence-corrected chi connectivity index (χ0v) is 23.6. The molecule has 5 rings (SSSR count). The van der Waals surface area contributed by atoms with Gasteiger partial charge in [0, 0.05) is 23.4 Å². The fourth-order valence-corrected chi connectivity index (χ4v) is 6.40. The van der Waals surface area contributed by atoms with Crippen LogP contribution in [0.3, 0.4) is 0 Å². The molecule has 1 aliphatic heterocycles. The average Bonchev–Trinajstić information content (AvgIpc) is 3.58. The van der Waals surface area contributed by atoms with Crippen LogP contribution in [0, 0.1) is 0 Å². The van der Waals surface area contributed by atoms with Crippen molar-refractivity contribution in [2.75, 3.05) is 21.3 Å². The molecule has 1 aliphatic rings. The topological polar surface area (TPSA) is 102 Å². The standard InChI is InChI=1S/C27H24ClF3N4O5S/c1-37-19-6-4-5-16(23(19)39-3)24-17-11-14(28)7-9-18(17)35-25(33-34-26(35)27(29,30)31)20(41-24)12-21-32-13-15(40-21)8-10-22(36)38-2/h4-7,9,11,13,20,24H,8,10,12H2,1-3H3. The van der Waals surface area contributed by atoms with Gasteiger partial charge in [-0.05, 0) is 29.8 Å². The number of alkyl halides is 3. The van der Waals surface area contributed by atoms with Gasteiger partial charge in [0.05, 0.1) is 50.1 Å². The first-order chi connectivity index (χ1) is 19.6. The van der Waals surface area contributed by atoms with Gasteiger partial charge in [-0.25, -0.2) is 4.98 Å². The number of rotatable bonds is 8. The zero-order valence-electron chi connectivity index (χ0n) is 22.1. The van der Waals surface area contributed by atoms with Gasteiger partial charge in [0.1, 0.15) is 5.76 Å². The maximum absolute atomic E-state index is 14.2. The van der Waals surface area contributed by atoms with E-state index in [1.54, 1.807) is 18.2 Å². The van der Waals surface area contributed by atoms with Crippen molar-refractivity contribution in [3.05, 3.63) is 82.0 Å². The van der Waals surface area contributed by atoms with Crippen LogP contribution in [-0.4, -0.2) is 47.0 Å². The fraction of sp³-hybridized carbons (Fsp3) is 0.333. The van der Waals surface area contributed by atoms with E-state index in [0.717, 1.165) is 4.57 Å².